The molecule has 192 valence electrons. The molecule has 2 aromatic heterocycles. The predicted octanol–water partition coefficient (Wildman–Crippen LogP) is 1.45. The molecule has 35 heavy (non-hydrogen) atoms. The van der Waals surface area contributed by atoms with Crippen LogP contribution in [0.25, 0.3) is 0 Å². The van der Waals surface area contributed by atoms with E-state index in [0.29, 0.717) is 21.7 Å². The topological polar surface area (TPSA) is 182 Å². The molecule has 0 saturated carbocycles. The van der Waals surface area contributed by atoms with E-state index >= 15 is 0 Å². The maximum absolute atomic E-state index is 10.2. The SMILES string of the molecule is CC1(C)N(O)C(c2nccs2)=[N+](O)C1(C)C.CC1(C)N(O)C(c2nccs2)=[N+](O)C1(C)C.O.O.[Zn+2]. The summed E-state index contributed by atoms with van der Waals surface area (Å²) in [4.78, 5) is 8.22. The van der Waals surface area contributed by atoms with Crippen molar-refractivity contribution in [1.29, 1.82) is 0 Å². The molecule has 0 amide bonds. The standard InChI is InChI=1S/2C10H16N3O2S.2H2O.Zn/c2*1-9(2)10(3,4)13(15)8(12(9)14)7-11-5-6-16-7;;;/h2*5-6,14-15H,1-4H3;2*1H2;/q2*+1;;;+2. The summed E-state index contributed by atoms with van der Waals surface area (Å²) in [6.45, 7) is 15.0. The second-order valence-electron chi connectivity index (χ2n) is 9.81. The molecule has 0 atom stereocenters. The van der Waals surface area contributed by atoms with Crippen LogP contribution >= 0.6 is 22.7 Å². The molecule has 0 aliphatic carbocycles. The number of aromatic nitrogens is 2. The van der Waals surface area contributed by atoms with Gasteiger partial charge in [-0.3, -0.25) is 0 Å². The molecular formula is C20H36N6O6S2Zn+4. The molecule has 8 N–H and O–H groups in total. The third kappa shape index (κ3) is 4.82. The van der Waals surface area contributed by atoms with Crippen molar-refractivity contribution in [2.24, 2.45) is 0 Å². The number of hydroxylamine groups is 6. The maximum Gasteiger partial charge on any atom is 2.00 e. The second-order valence-corrected chi connectivity index (χ2v) is 11.6. The van der Waals surface area contributed by atoms with Crippen LogP contribution in [0.2, 0.25) is 0 Å². The van der Waals surface area contributed by atoms with E-state index in [1.165, 1.54) is 22.7 Å². The fraction of sp³-hybridized carbons (Fsp3) is 0.600. The van der Waals surface area contributed by atoms with E-state index < -0.39 is 22.2 Å². The minimum atomic E-state index is -0.594. The number of nitrogens with zero attached hydrogens (tertiary/aromatic N) is 6. The van der Waals surface area contributed by atoms with E-state index in [1.54, 1.807) is 12.4 Å². The average molecular weight is 586 g/mol. The first-order valence-corrected chi connectivity index (χ1v) is 11.9. The number of thiazole rings is 2. The van der Waals surface area contributed by atoms with Crippen LogP contribution in [-0.2, 0) is 19.5 Å². The van der Waals surface area contributed by atoms with Gasteiger partial charge in [-0.25, -0.2) is 20.4 Å². The summed E-state index contributed by atoms with van der Waals surface area (Å²) in [5, 5.41) is 47.6. The van der Waals surface area contributed by atoms with Gasteiger partial charge in [0.1, 0.15) is 0 Å². The Balaban J connectivity index is 0.000000608. The van der Waals surface area contributed by atoms with Gasteiger partial charge in [0.2, 0.25) is 10.0 Å². The average Bonchev–Trinajstić information content (AvgIpc) is 3.45. The van der Waals surface area contributed by atoms with E-state index in [4.69, 9.17) is 0 Å². The summed E-state index contributed by atoms with van der Waals surface area (Å²) in [5.74, 6) is 0.676. The fourth-order valence-corrected chi connectivity index (χ4v) is 4.61. The van der Waals surface area contributed by atoms with Crippen LogP contribution in [0.3, 0.4) is 0 Å². The Morgan fingerprint density at radius 1 is 0.686 bits per heavy atom. The Kier molecular flexibility index (Phi) is 10.2. The summed E-state index contributed by atoms with van der Waals surface area (Å²) in [6, 6.07) is 0. The maximum atomic E-state index is 10.2. The smallest absolute Gasteiger partial charge is 0.412 e. The first kappa shape index (κ1) is 33.3. The molecule has 2 aliphatic rings. The van der Waals surface area contributed by atoms with Gasteiger partial charge in [-0.2, -0.15) is 0 Å². The molecule has 0 unspecified atom stereocenters. The van der Waals surface area contributed by atoms with Gasteiger partial charge in [-0.05, 0) is 55.4 Å². The quantitative estimate of drug-likeness (QED) is 0.232. The van der Waals surface area contributed by atoms with Crippen LogP contribution in [-0.4, -0.2) is 95.2 Å². The van der Waals surface area contributed by atoms with Crippen LogP contribution in [0.1, 0.15) is 65.4 Å². The molecular weight excluding hydrogens is 550 g/mol. The van der Waals surface area contributed by atoms with Crippen LogP contribution in [0.5, 0.6) is 0 Å². The largest absolute Gasteiger partial charge is 2.00 e. The Morgan fingerprint density at radius 2 is 0.971 bits per heavy atom. The van der Waals surface area contributed by atoms with Crippen LogP contribution in [0.15, 0.2) is 23.2 Å². The number of amidine groups is 2. The van der Waals surface area contributed by atoms with Crippen molar-refractivity contribution in [3.05, 3.63) is 33.2 Å². The van der Waals surface area contributed by atoms with E-state index in [9.17, 15) is 20.8 Å². The number of rotatable bonds is 2. The Hall–Kier alpha value is -1.74. The fourth-order valence-electron chi connectivity index (χ4n) is 3.31. The molecule has 2 aliphatic heterocycles. The van der Waals surface area contributed by atoms with E-state index in [1.807, 2.05) is 66.2 Å². The van der Waals surface area contributed by atoms with E-state index in [-0.39, 0.29) is 30.4 Å². The molecule has 0 fully saturated rings. The summed E-state index contributed by atoms with van der Waals surface area (Å²) in [7, 11) is 0. The Bertz CT molecular complexity index is 970. The van der Waals surface area contributed by atoms with Gasteiger partial charge >= 0.3 is 31.1 Å². The van der Waals surface area contributed by atoms with Crippen molar-refractivity contribution in [2.45, 2.75) is 77.5 Å². The molecule has 2 aromatic rings. The number of hydrogen-bond donors (Lipinski definition) is 4. The molecule has 4 heterocycles. The number of hydrogen-bond acceptors (Lipinski definition) is 10. The van der Waals surface area contributed by atoms with Crippen molar-refractivity contribution in [3.63, 3.8) is 0 Å². The summed E-state index contributed by atoms with van der Waals surface area (Å²) in [6.07, 6.45) is 3.29. The first-order valence-electron chi connectivity index (χ1n) is 10.1. The van der Waals surface area contributed by atoms with Crippen LogP contribution in [0.4, 0.5) is 0 Å². The zero-order valence-electron chi connectivity index (χ0n) is 21.3. The van der Waals surface area contributed by atoms with Crippen LogP contribution in [0, 0.1) is 0 Å². The Morgan fingerprint density at radius 3 is 1.14 bits per heavy atom. The van der Waals surface area contributed by atoms with Gasteiger partial charge in [0, 0.05) is 23.2 Å². The zero-order chi connectivity index (χ0) is 24.3. The summed E-state index contributed by atoms with van der Waals surface area (Å²) >= 11 is 2.76. The van der Waals surface area contributed by atoms with Gasteiger partial charge < -0.3 is 21.4 Å². The van der Waals surface area contributed by atoms with E-state index in [0.717, 1.165) is 19.6 Å². The van der Waals surface area contributed by atoms with Crippen molar-refractivity contribution in [3.8, 4) is 0 Å². The molecule has 0 radical (unpaired) electrons. The molecule has 0 aromatic carbocycles. The molecule has 4 rings (SSSR count). The van der Waals surface area contributed by atoms with Gasteiger partial charge in [0.15, 0.2) is 22.2 Å². The normalized spacial score (nSPS) is 21.0. The van der Waals surface area contributed by atoms with Gasteiger partial charge in [-0.15, -0.1) is 32.8 Å². The summed E-state index contributed by atoms with van der Waals surface area (Å²) in [5.41, 5.74) is -2.38. The van der Waals surface area contributed by atoms with Crippen molar-refractivity contribution in [2.75, 3.05) is 0 Å². The van der Waals surface area contributed by atoms with Crippen LogP contribution < -0.4 is 0 Å². The second kappa shape index (κ2) is 10.7. The third-order valence-electron chi connectivity index (χ3n) is 7.16. The van der Waals surface area contributed by atoms with Gasteiger partial charge in [0.05, 0.1) is 0 Å². The monoisotopic (exact) mass is 584 g/mol. The predicted molar refractivity (Wildman–Crippen MR) is 127 cm³/mol. The van der Waals surface area contributed by atoms with Crippen molar-refractivity contribution < 1.29 is 60.7 Å². The van der Waals surface area contributed by atoms with E-state index in [2.05, 4.69) is 9.97 Å². The van der Waals surface area contributed by atoms with Gasteiger partial charge in [0.25, 0.3) is 0 Å². The Labute approximate surface area is 225 Å². The molecule has 0 spiro atoms. The van der Waals surface area contributed by atoms with Crippen molar-refractivity contribution in [1.82, 2.24) is 20.1 Å². The summed E-state index contributed by atoms with van der Waals surface area (Å²) < 4.78 is 2.18. The minimum absolute atomic E-state index is 0. The van der Waals surface area contributed by atoms with Gasteiger partial charge in [-0.1, -0.05) is 9.48 Å². The minimum Gasteiger partial charge on any atom is -0.412 e. The molecule has 12 nitrogen and oxygen atoms in total. The van der Waals surface area contributed by atoms with Crippen molar-refractivity contribution >= 4 is 34.3 Å². The molecule has 15 heteroatoms. The first-order chi connectivity index (χ1) is 14.6. The zero-order valence-corrected chi connectivity index (χ0v) is 25.9. The third-order valence-corrected chi connectivity index (χ3v) is 8.70. The molecule has 0 saturated heterocycles. The molecule has 0 bridgehead atoms.